The summed E-state index contributed by atoms with van der Waals surface area (Å²) in [4.78, 5) is 4.32. The molecule has 0 amide bonds. The first-order valence-corrected chi connectivity index (χ1v) is 10.7. The Balaban J connectivity index is 0.00000392. The number of halogens is 2. The summed E-state index contributed by atoms with van der Waals surface area (Å²) in [7, 11) is 3.75. The Morgan fingerprint density at radius 2 is 1.89 bits per heavy atom. The van der Waals surface area contributed by atoms with E-state index in [0.29, 0.717) is 13.1 Å². The molecule has 1 aromatic heterocycles. The maximum Gasteiger partial charge on any atom is 0.191 e. The highest BCUT2D eigenvalue weighted by Gasteiger charge is 2.14. The number of hydrogen-bond acceptors (Lipinski definition) is 3. The highest BCUT2D eigenvalue weighted by molar-refractivity contribution is 14.0. The van der Waals surface area contributed by atoms with Crippen LogP contribution in [0.25, 0.3) is 0 Å². The SMILES string of the molecule is CCc1nn(C)c(CC)c1CNC(=NC)NCc1ccc(F)cc1CSC.I. The van der Waals surface area contributed by atoms with Gasteiger partial charge in [0.15, 0.2) is 5.96 Å². The molecule has 0 aliphatic carbocycles. The standard InChI is InChI=1S/C20H30FN5S.HI/c1-6-18-17(19(7-2)26(4)25-18)12-24-20(22-3)23-11-14-8-9-16(21)10-15(14)13-27-5;/h8-10H,6-7,11-13H2,1-5H3,(H2,22,23,24);1H. The van der Waals surface area contributed by atoms with Crippen LogP contribution < -0.4 is 10.6 Å². The van der Waals surface area contributed by atoms with Gasteiger partial charge in [-0.1, -0.05) is 19.9 Å². The Morgan fingerprint density at radius 1 is 1.18 bits per heavy atom. The second kappa shape index (κ2) is 12.3. The third kappa shape index (κ3) is 6.37. The Morgan fingerprint density at radius 3 is 2.50 bits per heavy atom. The number of nitrogens with one attached hydrogen (secondary N) is 2. The molecule has 0 radical (unpaired) electrons. The molecule has 8 heteroatoms. The van der Waals surface area contributed by atoms with E-state index in [-0.39, 0.29) is 29.8 Å². The second-order valence-electron chi connectivity index (χ2n) is 6.33. The fourth-order valence-corrected chi connectivity index (χ4v) is 3.80. The molecule has 1 heterocycles. The van der Waals surface area contributed by atoms with Crippen molar-refractivity contribution in [3.8, 4) is 0 Å². The van der Waals surface area contributed by atoms with Gasteiger partial charge in [0.25, 0.3) is 0 Å². The number of aryl methyl sites for hydroxylation is 2. The van der Waals surface area contributed by atoms with Crippen LogP contribution in [-0.2, 0) is 38.7 Å². The van der Waals surface area contributed by atoms with Gasteiger partial charge in [-0.15, -0.1) is 24.0 Å². The zero-order chi connectivity index (χ0) is 19.8. The fourth-order valence-electron chi connectivity index (χ4n) is 3.22. The number of rotatable bonds is 8. The molecule has 1 aromatic carbocycles. The lowest BCUT2D eigenvalue weighted by Gasteiger charge is -2.15. The largest absolute Gasteiger partial charge is 0.352 e. The number of benzene rings is 1. The summed E-state index contributed by atoms with van der Waals surface area (Å²) < 4.78 is 15.5. The molecule has 2 aromatic rings. The van der Waals surface area contributed by atoms with E-state index in [4.69, 9.17) is 0 Å². The topological polar surface area (TPSA) is 54.2 Å². The predicted octanol–water partition coefficient (Wildman–Crippen LogP) is 4.03. The van der Waals surface area contributed by atoms with Crippen LogP contribution in [0, 0.1) is 5.82 Å². The van der Waals surface area contributed by atoms with Gasteiger partial charge in [0.2, 0.25) is 0 Å². The van der Waals surface area contributed by atoms with Crippen LogP contribution in [0.4, 0.5) is 4.39 Å². The molecule has 0 unspecified atom stereocenters. The summed E-state index contributed by atoms with van der Waals surface area (Å²) in [5.41, 5.74) is 5.71. The number of nitrogens with zero attached hydrogens (tertiary/aromatic N) is 3. The van der Waals surface area contributed by atoms with E-state index in [1.807, 2.05) is 24.1 Å². The molecule has 0 spiro atoms. The quantitative estimate of drug-likeness (QED) is 0.314. The van der Waals surface area contributed by atoms with E-state index < -0.39 is 0 Å². The second-order valence-corrected chi connectivity index (χ2v) is 7.19. The van der Waals surface area contributed by atoms with E-state index in [1.165, 1.54) is 17.3 Å². The first kappa shape index (κ1) is 24.7. The van der Waals surface area contributed by atoms with Crippen LogP contribution in [-0.4, -0.2) is 29.0 Å². The zero-order valence-corrected chi connectivity index (χ0v) is 20.5. The van der Waals surface area contributed by atoms with Crippen LogP contribution in [0.3, 0.4) is 0 Å². The van der Waals surface area contributed by atoms with Gasteiger partial charge in [-0.05, 0) is 42.4 Å². The van der Waals surface area contributed by atoms with Gasteiger partial charge in [0.05, 0.1) is 5.69 Å². The smallest absolute Gasteiger partial charge is 0.191 e. The minimum absolute atomic E-state index is 0. The highest BCUT2D eigenvalue weighted by Crippen LogP contribution is 2.17. The van der Waals surface area contributed by atoms with E-state index in [9.17, 15) is 4.39 Å². The Labute approximate surface area is 189 Å². The van der Waals surface area contributed by atoms with Crippen LogP contribution >= 0.6 is 35.7 Å². The Kier molecular flexibility index (Phi) is 10.9. The van der Waals surface area contributed by atoms with Crippen molar-refractivity contribution in [2.45, 2.75) is 45.5 Å². The van der Waals surface area contributed by atoms with Crippen molar-refractivity contribution in [3.05, 3.63) is 52.1 Å². The maximum atomic E-state index is 13.5. The molecule has 156 valence electrons. The van der Waals surface area contributed by atoms with Crippen LogP contribution in [0.15, 0.2) is 23.2 Å². The van der Waals surface area contributed by atoms with Gasteiger partial charge >= 0.3 is 0 Å². The zero-order valence-electron chi connectivity index (χ0n) is 17.3. The number of aromatic nitrogens is 2. The highest BCUT2D eigenvalue weighted by atomic mass is 127. The van der Waals surface area contributed by atoms with Crippen molar-refractivity contribution in [1.29, 1.82) is 0 Å². The molecule has 0 bridgehead atoms. The van der Waals surface area contributed by atoms with Gasteiger partial charge in [-0.3, -0.25) is 9.67 Å². The number of aliphatic imine (C=N–C) groups is 1. The summed E-state index contributed by atoms with van der Waals surface area (Å²) in [5.74, 6) is 1.32. The van der Waals surface area contributed by atoms with Crippen LogP contribution in [0.5, 0.6) is 0 Å². The van der Waals surface area contributed by atoms with Gasteiger partial charge in [0.1, 0.15) is 5.82 Å². The first-order chi connectivity index (χ1) is 13.0. The van der Waals surface area contributed by atoms with Gasteiger partial charge in [-0.25, -0.2) is 4.39 Å². The van der Waals surface area contributed by atoms with Crippen molar-refractivity contribution in [2.24, 2.45) is 12.0 Å². The minimum atomic E-state index is -0.193. The fraction of sp³-hybridized carbons (Fsp3) is 0.500. The molecule has 2 N–H and O–H groups in total. The molecular weight excluding hydrogens is 488 g/mol. The molecule has 0 fully saturated rings. The lowest BCUT2D eigenvalue weighted by atomic mass is 10.1. The van der Waals surface area contributed by atoms with Gasteiger partial charge in [-0.2, -0.15) is 16.9 Å². The molecule has 0 saturated carbocycles. The molecule has 28 heavy (non-hydrogen) atoms. The summed E-state index contributed by atoms with van der Waals surface area (Å²) in [6.07, 6.45) is 3.87. The lowest BCUT2D eigenvalue weighted by molar-refractivity contribution is 0.625. The molecule has 0 atom stereocenters. The molecule has 2 rings (SSSR count). The number of hydrogen-bond donors (Lipinski definition) is 2. The van der Waals surface area contributed by atoms with Crippen molar-refractivity contribution < 1.29 is 4.39 Å². The number of thioether (sulfide) groups is 1. The van der Waals surface area contributed by atoms with Crippen LogP contribution in [0.1, 0.15) is 41.9 Å². The Bertz CT molecular complexity index is 791. The number of guanidine groups is 1. The maximum absolute atomic E-state index is 13.5. The summed E-state index contributed by atoms with van der Waals surface area (Å²) >= 11 is 1.69. The first-order valence-electron chi connectivity index (χ1n) is 9.28. The van der Waals surface area contributed by atoms with Gasteiger partial charge in [0, 0.05) is 44.2 Å². The van der Waals surface area contributed by atoms with E-state index in [1.54, 1.807) is 24.9 Å². The lowest BCUT2D eigenvalue weighted by Crippen LogP contribution is -2.36. The van der Waals surface area contributed by atoms with Crippen LogP contribution in [0.2, 0.25) is 0 Å². The Hall–Kier alpha value is -1.29. The molecule has 0 saturated heterocycles. The van der Waals surface area contributed by atoms with E-state index in [0.717, 1.165) is 41.4 Å². The normalized spacial score (nSPS) is 11.3. The summed E-state index contributed by atoms with van der Waals surface area (Å²) in [5, 5.41) is 11.3. The minimum Gasteiger partial charge on any atom is -0.352 e. The van der Waals surface area contributed by atoms with Crippen molar-refractivity contribution in [1.82, 2.24) is 20.4 Å². The van der Waals surface area contributed by atoms with Crippen molar-refractivity contribution in [3.63, 3.8) is 0 Å². The molecule has 0 aliphatic rings. The van der Waals surface area contributed by atoms with E-state index >= 15 is 0 Å². The van der Waals surface area contributed by atoms with E-state index in [2.05, 4.69) is 34.6 Å². The average Bonchev–Trinajstić information content (AvgIpc) is 2.98. The molecule has 0 aliphatic heterocycles. The monoisotopic (exact) mass is 519 g/mol. The summed E-state index contributed by atoms with van der Waals surface area (Å²) in [6, 6.07) is 4.96. The third-order valence-electron chi connectivity index (χ3n) is 4.60. The predicted molar refractivity (Wildman–Crippen MR) is 128 cm³/mol. The van der Waals surface area contributed by atoms with Gasteiger partial charge < -0.3 is 10.6 Å². The molecular formula is C20H31FIN5S. The van der Waals surface area contributed by atoms with Crippen molar-refractivity contribution in [2.75, 3.05) is 13.3 Å². The average molecular weight is 519 g/mol. The summed E-state index contributed by atoms with van der Waals surface area (Å²) in [6.45, 7) is 5.56. The molecule has 5 nitrogen and oxygen atoms in total. The third-order valence-corrected chi connectivity index (χ3v) is 5.20. The van der Waals surface area contributed by atoms with Crippen molar-refractivity contribution >= 4 is 41.7 Å².